The van der Waals surface area contributed by atoms with Crippen molar-refractivity contribution in [3.05, 3.63) is 76.5 Å². The number of hydrogen-bond donors (Lipinski definition) is 2. The molecular weight excluding hydrogens is 397 g/mol. The number of halogens is 3. The number of carbonyl (C=O) groups is 2. The molecule has 1 atom stereocenters. The maximum absolute atomic E-state index is 13.2. The van der Waals surface area contributed by atoms with Gasteiger partial charge in [0, 0.05) is 18.7 Å². The molecule has 0 saturated heterocycles. The van der Waals surface area contributed by atoms with E-state index >= 15 is 0 Å². The Labute approximate surface area is 169 Å². The summed E-state index contributed by atoms with van der Waals surface area (Å²) in [6.07, 6.45) is -4.27. The smallest absolute Gasteiger partial charge is 0.352 e. The summed E-state index contributed by atoms with van der Waals surface area (Å²) in [5.74, 6) is -0.400. The summed E-state index contributed by atoms with van der Waals surface area (Å²) < 4.78 is 39.5. The van der Waals surface area contributed by atoms with Crippen molar-refractivity contribution in [1.82, 2.24) is 10.6 Å². The van der Waals surface area contributed by atoms with E-state index in [1.165, 1.54) is 12.1 Å². The molecule has 2 aliphatic heterocycles. The fourth-order valence-corrected chi connectivity index (χ4v) is 3.66. The van der Waals surface area contributed by atoms with Crippen LogP contribution in [-0.2, 0) is 11.0 Å². The Hall–Kier alpha value is -3.80. The van der Waals surface area contributed by atoms with E-state index in [-0.39, 0.29) is 24.2 Å². The van der Waals surface area contributed by atoms with Gasteiger partial charge in [0.2, 0.25) is 0 Å². The standard InChI is InChI=1S/C21H15F3N4O2/c22-21(23,24)14-2-1-3-15(10-14)28-16-8-9-26-19(29)17(16)18(27-20(28)30)13-6-4-12(11-25)5-7-13/h1-7,10,18H,8-9H2,(H,26,29)(H,27,30)/t18-/m0/s1. The second kappa shape index (κ2) is 7.22. The Kier molecular flexibility index (Phi) is 4.70. The van der Waals surface area contributed by atoms with Crippen LogP contribution in [0.25, 0.3) is 0 Å². The number of nitrogens with one attached hydrogen (secondary N) is 2. The van der Waals surface area contributed by atoms with Crippen molar-refractivity contribution in [3.63, 3.8) is 0 Å². The summed E-state index contributed by atoms with van der Waals surface area (Å²) in [5, 5.41) is 14.4. The highest BCUT2D eigenvalue weighted by Crippen LogP contribution is 2.38. The SMILES string of the molecule is N#Cc1ccc([C@@H]2NC(=O)N(c3cccc(C(F)(F)F)c3)C3=C2C(=O)NCC3)cc1. The van der Waals surface area contributed by atoms with Crippen LogP contribution in [-0.4, -0.2) is 18.5 Å². The summed E-state index contributed by atoms with van der Waals surface area (Å²) in [4.78, 5) is 26.7. The zero-order chi connectivity index (χ0) is 21.5. The molecule has 152 valence electrons. The van der Waals surface area contributed by atoms with Crippen LogP contribution in [0.3, 0.4) is 0 Å². The lowest BCUT2D eigenvalue weighted by atomic mass is 9.90. The summed E-state index contributed by atoms with van der Waals surface area (Å²) >= 11 is 0. The molecule has 2 N–H and O–H groups in total. The molecule has 2 heterocycles. The van der Waals surface area contributed by atoms with E-state index in [1.807, 2.05) is 6.07 Å². The van der Waals surface area contributed by atoms with Crippen LogP contribution in [0.4, 0.5) is 23.7 Å². The molecule has 30 heavy (non-hydrogen) atoms. The number of hydrogen-bond acceptors (Lipinski definition) is 3. The first kappa shape index (κ1) is 19.5. The van der Waals surface area contributed by atoms with E-state index in [0.717, 1.165) is 17.0 Å². The third-order valence-corrected chi connectivity index (χ3v) is 5.04. The maximum Gasteiger partial charge on any atom is 0.416 e. The quantitative estimate of drug-likeness (QED) is 0.790. The minimum Gasteiger partial charge on any atom is -0.352 e. The average Bonchev–Trinajstić information content (AvgIpc) is 2.73. The molecule has 0 spiro atoms. The molecule has 0 radical (unpaired) electrons. The van der Waals surface area contributed by atoms with Gasteiger partial charge in [-0.25, -0.2) is 4.79 Å². The largest absolute Gasteiger partial charge is 0.416 e. The van der Waals surface area contributed by atoms with Crippen molar-refractivity contribution in [2.24, 2.45) is 0 Å². The fourth-order valence-electron chi connectivity index (χ4n) is 3.66. The van der Waals surface area contributed by atoms with Gasteiger partial charge in [-0.1, -0.05) is 18.2 Å². The predicted octanol–water partition coefficient (Wildman–Crippen LogP) is 3.62. The Morgan fingerprint density at radius 3 is 2.50 bits per heavy atom. The molecule has 6 nitrogen and oxygen atoms in total. The highest BCUT2D eigenvalue weighted by Gasteiger charge is 2.40. The van der Waals surface area contributed by atoms with E-state index < -0.39 is 29.7 Å². The molecule has 2 aliphatic rings. The third kappa shape index (κ3) is 3.37. The minimum absolute atomic E-state index is 0.0304. The highest BCUT2D eigenvalue weighted by atomic mass is 19.4. The second-order valence-corrected chi connectivity index (χ2v) is 6.87. The molecule has 9 heteroatoms. The highest BCUT2D eigenvalue weighted by molar-refractivity contribution is 6.05. The summed E-state index contributed by atoms with van der Waals surface area (Å²) in [5.41, 5.74) is 0.788. The van der Waals surface area contributed by atoms with Crippen LogP contribution < -0.4 is 15.5 Å². The number of amides is 3. The van der Waals surface area contributed by atoms with Crippen LogP contribution in [0.1, 0.15) is 29.2 Å². The first-order valence-electron chi connectivity index (χ1n) is 9.09. The van der Waals surface area contributed by atoms with Crippen molar-refractivity contribution >= 4 is 17.6 Å². The third-order valence-electron chi connectivity index (χ3n) is 5.04. The number of anilines is 1. The molecule has 3 amide bonds. The van der Waals surface area contributed by atoms with Gasteiger partial charge in [-0.15, -0.1) is 0 Å². The molecule has 2 aromatic carbocycles. The molecular formula is C21H15F3N4O2. The Bertz CT molecular complexity index is 1100. The van der Waals surface area contributed by atoms with Gasteiger partial charge in [0.15, 0.2) is 0 Å². The van der Waals surface area contributed by atoms with Gasteiger partial charge < -0.3 is 10.6 Å². The number of alkyl halides is 3. The average molecular weight is 412 g/mol. The zero-order valence-corrected chi connectivity index (χ0v) is 15.5. The number of nitrogens with zero attached hydrogens (tertiary/aromatic N) is 2. The Balaban J connectivity index is 1.83. The number of rotatable bonds is 2. The van der Waals surface area contributed by atoms with Gasteiger partial charge >= 0.3 is 12.2 Å². The Morgan fingerprint density at radius 2 is 1.83 bits per heavy atom. The van der Waals surface area contributed by atoms with Gasteiger partial charge in [0.05, 0.1) is 34.5 Å². The normalized spacial score (nSPS) is 19.0. The molecule has 0 unspecified atom stereocenters. The van der Waals surface area contributed by atoms with Gasteiger partial charge in [0.1, 0.15) is 0 Å². The molecule has 0 bridgehead atoms. The van der Waals surface area contributed by atoms with E-state index in [9.17, 15) is 22.8 Å². The lowest BCUT2D eigenvalue weighted by Gasteiger charge is -2.39. The van der Waals surface area contributed by atoms with Crippen molar-refractivity contribution in [2.45, 2.75) is 18.6 Å². The van der Waals surface area contributed by atoms with Gasteiger partial charge in [-0.2, -0.15) is 18.4 Å². The monoisotopic (exact) mass is 412 g/mol. The van der Waals surface area contributed by atoms with Gasteiger partial charge in [-0.05, 0) is 35.9 Å². The predicted molar refractivity (Wildman–Crippen MR) is 101 cm³/mol. The molecule has 4 rings (SSSR count). The maximum atomic E-state index is 13.2. The second-order valence-electron chi connectivity index (χ2n) is 6.87. The van der Waals surface area contributed by atoms with E-state index in [0.29, 0.717) is 16.8 Å². The van der Waals surface area contributed by atoms with Crippen LogP contribution in [0, 0.1) is 11.3 Å². The lowest BCUT2D eigenvalue weighted by molar-refractivity contribution is -0.137. The van der Waals surface area contributed by atoms with Crippen molar-refractivity contribution in [2.75, 3.05) is 11.4 Å². The number of nitriles is 1. The van der Waals surface area contributed by atoms with E-state index in [2.05, 4.69) is 10.6 Å². The molecule has 2 aromatic rings. The zero-order valence-electron chi connectivity index (χ0n) is 15.5. The molecule has 0 fully saturated rings. The number of benzene rings is 2. The van der Waals surface area contributed by atoms with Crippen LogP contribution >= 0.6 is 0 Å². The minimum atomic E-state index is -4.56. The van der Waals surface area contributed by atoms with Gasteiger partial charge in [-0.3, -0.25) is 9.69 Å². The van der Waals surface area contributed by atoms with Crippen molar-refractivity contribution in [1.29, 1.82) is 5.26 Å². The van der Waals surface area contributed by atoms with Crippen LogP contribution in [0.5, 0.6) is 0 Å². The van der Waals surface area contributed by atoms with Crippen LogP contribution in [0.15, 0.2) is 59.8 Å². The lowest BCUT2D eigenvalue weighted by Crippen LogP contribution is -2.52. The summed E-state index contributed by atoms with van der Waals surface area (Å²) in [6.45, 7) is 0.264. The van der Waals surface area contributed by atoms with E-state index in [1.54, 1.807) is 24.3 Å². The number of urea groups is 1. The summed E-state index contributed by atoms with van der Waals surface area (Å²) in [6, 6.07) is 11.4. The first-order valence-corrected chi connectivity index (χ1v) is 9.09. The topological polar surface area (TPSA) is 85.2 Å². The Morgan fingerprint density at radius 1 is 1.10 bits per heavy atom. The molecule has 0 saturated carbocycles. The van der Waals surface area contributed by atoms with Crippen molar-refractivity contribution in [3.8, 4) is 6.07 Å². The van der Waals surface area contributed by atoms with Gasteiger partial charge in [0.25, 0.3) is 5.91 Å². The van der Waals surface area contributed by atoms with E-state index in [4.69, 9.17) is 5.26 Å². The molecule has 0 aliphatic carbocycles. The van der Waals surface area contributed by atoms with Crippen molar-refractivity contribution < 1.29 is 22.8 Å². The molecule has 0 aromatic heterocycles. The summed E-state index contributed by atoms with van der Waals surface area (Å²) in [7, 11) is 0. The first-order chi connectivity index (χ1) is 14.3. The fraction of sp³-hybridized carbons (Fsp3) is 0.190. The number of carbonyl (C=O) groups excluding carboxylic acids is 2. The van der Waals surface area contributed by atoms with Crippen LogP contribution in [0.2, 0.25) is 0 Å².